The lowest BCUT2D eigenvalue weighted by molar-refractivity contribution is 0.592. The summed E-state index contributed by atoms with van der Waals surface area (Å²) in [5.74, 6) is 0. The Morgan fingerprint density at radius 3 is 1.05 bits per heavy atom. The molecule has 6 heteroatoms. The van der Waals surface area contributed by atoms with E-state index in [1.54, 1.807) is 0 Å². The van der Waals surface area contributed by atoms with Crippen LogP contribution in [0.4, 0.5) is 0 Å². The van der Waals surface area contributed by atoms with Crippen LogP contribution in [0.25, 0.3) is 166 Å². The average molecular weight is 1520 g/mol. The maximum absolute atomic E-state index is 15.5. The molecule has 0 radical (unpaired) electrons. The first-order chi connectivity index (χ1) is 56.8. The van der Waals surface area contributed by atoms with E-state index in [1.807, 2.05) is 72.8 Å². The number of para-hydroxylation sites is 2. The van der Waals surface area contributed by atoms with Gasteiger partial charge in [-0.05, 0) is 201 Å². The molecule has 2 aromatic heterocycles. The first-order valence-electron chi connectivity index (χ1n) is 40.2. The Hall–Kier alpha value is -13.5. The van der Waals surface area contributed by atoms with E-state index in [0.29, 0.717) is 0 Å². The molecule has 2 atom stereocenters. The predicted octanol–water partition coefficient (Wildman–Crippen LogP) is 26.4. The van der Waals surface area contributed by atoms with Crippen molar-refractivity contribution >= 4 is 111 Å². The van der Waals surface area contributed by atoms with E-state index in [0.717, 1.165) is 87.5 Å². The van der Waals surface area contributed by atoms with Crippen LogP contribution in [-0.2, 0) is 20.0 Å². The molecule has 2 aliphatic carbocycles. The normalized spacial score (nSPS) is 16.0. The fourth-order valence-electron chi connectivity index (χ4n) is 20.3. The predicted molar refractivity (Wildman–Crippen MR) is 490 cm³/mol. The fraction of sp³-hybridized carbons (Fsp3) is 0.0545. The van der Waals surface area contributed by atoms with Gasteiger partial charge in [-0.15, -0.1) is 0 Å². The van der Waals surface area contributed by atoms with Gasteiger partial charge in [0.1, 0.15) is 0 Å². The van der Waals surface area contributed by atoms with Crippen LogP contribution >= 0.6 is 14.3 Å². The van der Waals surface area contributed by atoms with Gasteiger partial charge < -0.3 is 18.3 Å². The second kappa shape index (κ2) is 25.5. The van der Waals surface area contributed by atoms with Crippen molar-refractivity contribution in [1.82, 2.24) is 9.13 Å². The molecule has 0 amide bonds. The van der Waals surface area contributed by atoms with Crippen LogP contribution in [0.5, 0.6) is 0 Å². The van der Waals surface area contributed by atoms with Gasteiger partial charge in [-0.2, -0.15) is 0 Å². The number of aromatic nitrogens is 2. The van der Waals surface area contributed by atoms with Crippen LogP contribution in [0.15, 0.2) is 388 Å². The van der Waals surface area contributed by atoms with Crippen molar-refractivity contribution in [3.63, 3.8) is 0 Å². The van der Waals surface area contributed by atoms with Crippen molar-refractivity contribution in [1.29, 1.82) is 0 Å². The van der Waals surface area contributed by atoms with Gasteiger partial charge in [0.05, 0.1) is 22.1 Å². The Kier molecular flexibility index (Phi) is 15.0. The summed E-state index contributed by atoms with van der Waals surface area (Å²) in [5.41, 5.74) is 31.2. The lowest BCUT2D eigenvalue weighted by atomic mass is 9.80. The summed E-state index contributed by atoms with van der Waals surface area (Å²) in [6, 6.07) is 139. The highest BCUT2D eigenvalue weighted by Gasteiger charge is 2.45. The third-order valence-electron chi connectivity index (χ3n) is 26.0. The number of benzene rings is 18. The van der Waals surface area contributed by atoms with Gasteiger partial charge >= 0.3 is 0 Å². The third kappa shape index (κ3) is 9.88. The Bertz CT molecular complexity index is 7680. The van der Waals surface area contributed by atoms with E-state index >= 15 is 9.13 Å². The Morgan fingerprint density at radius 2 is 0.569 bits per heavy atom. The van der Waals surface area contributed by atoms with Crippen molar-refractivity contribution in [3.8, 4) is 100 Å². The number of rotatable bonds is 8. The van der Waals surface area contributed by atoms with E-state index in [-0.39, 0.29) is 10.8 Å². The highest BCUT2D eigenvalue weighted by molar-refractivity contribution is 7.87. The largest absolute Gasteiger partial charge is 0.309 e. The summed E-state index contributed by atoms with van der Waals surface area (Å²) in [6.07, 6.45) is 0. The van der Waals surface area contributed by atoms with Crippen LogP contribution in [0.1, 0.15) is 49.9 Å². The molecule has 0 saturated carbocycles. The van der Waals surface area contributed by atoms with E-state index in [2.05, 4.69) is 352 Å². The maximum atomic E-state index is 15.5. The van der Waals surface area contributed by atoms with Gasteiger partial charge in [-0.1, -0.05) is 337 Å². The lowest BCUT2D eigenvalue weighted by Crippen LogP contribution is -2.20. The molecular formula is C110H76N2O2P2. The molecule has 18 aromatic carbocycles. The van der Waals surface area contributed by atoms with Crippen molar-refractivity contribution in [2.24, 2.45) is 0 Å². The first kappa shape index (κ1) is 68.2. The van der Waals surface area contributed by atoms with Gasteiger partial charge in [-0.3, -0.25) is 0 Å². The van der Waals surface area contributed by atoms with Gasteiger partial charge in [0.25, 0.3) is 0 Å². The molecule has 0 saturated heterocycles. The molecule has 548 valence electrons. The van der Waals surface area contributed by atoms with Crippen LogP contribution in [0.2, 0.25) is 0 Å². The van der Waals surface area contributed by atoms with E-state index < -0.39 is 14.3 Å². The van der Waals surface area contributed by atoms with Crippen molar-refractivity contribution < 1.29 is 9.13 Å². The molecule has 2 unspecified atom stereocenters. The molecule has 0 spiro atoms. The first-order valence-corrected chi connectivity index (χ1v) is 43.6. The molecule has 4 nitrogen and oxygen atoms in total. The van der Waals surface area contributed by atoms with E-state index in [4.69, 9.17) is 0 Å². The summed E-state index contributed by atoms with van der Waals surface area (Å²) < 4.78 is 35.7. The summed E-state index contributed by atoms with van der Waals surface area (Å²) in [6.45, 7) is 9.47. The third-order valence-corrected chi connectivity index (χ3v) is 32.3. The van der Waals surface area contributed by atoms with Crippen LogP contribution in [0, 0.1) is 0 Å². The van der Waals surface area contributed by atoms with Gasteiger partial charge in [0.2, 0.25) is 0 Å². The SMILES string of the molecule is CC1(C)c2cc(-c3ccc(-n4c5ccccc5c5ccc6c(c54)-c4ccccc4P6(=O)c4ccccc4)cc3)ccc2-c2ccc(-c3ccc4ccccc4c3)cc21.CC1(C)c2cc(-c3ccc(-n4c5ccccc5c5ccc6c(c54)-c4ccccc4P6(=O)c4ccccc4)cc3)ccc2-c2ccc(-c3cccc4ccccc34)cc21. The van der Waals surface area contributed by atoms with E-state index in [1.165, 1.54) is 132 Å². The van der Waals surface area contributed by atoms with Crippen LogP contribution < -0.4 is 31.8 Å². The second-order valence-electron chi connectivity index (χ2n) is 32.8. The Morgan fingerprint density at radius 1 is 0.224 bits per heavy atom. The summed E-state index contributed by atoms with van der Waals surface area (Å²) in [7, 11) is -6.18. The summed E-state index contributed by atoms with van der Waals surface area (Å²) in [4.78, 5) is 0. The average Bonchev–Trinajstić information content (AvgIpc) is 1.56. The maximum Gasteiger partial charge on any atom is 0.172 e. The van der Waals surface area contributed by atoms with Crippen molar-refractivity contribution in [2.75, 3.05) is 0 Å². The summed E-state index contributed by atoms with van der Waals surface area (Å²) >= 11 is 0. The zero-order chi connectivity index (χ0) is 77.5. The van der Waals surface area contributed by atoms with Gasteiger partial charge in [0, 0.05) is 86.7 Å². The minimum absolute atomic E-state index is 0.147. The Balaban J connectivity index is 0.000000137. The quantitative estimate of drug-likeness (QED) is 0.142. The molecule has 2 aliphatic heterocycles. The smallest absolute Gasteiger partial charge is 0.172 e. The molecule has 0 fully saturated rings. The van der Waals surface area contributed by atoms with Gasteiger partial charge in [-0.25, -0.2) is 0 Å². The minimum Gasteiger partial charge on any atom is -0.309 e. The molecule has 20 aromatic rings. The molecule has 0 bridgehead atoms. The van der Waals surface area contributed by atoms with Crippen molar-refractivity contribution in [2.45, 2.75) is 38.5 Å². The zero-order valence-electron chi connectivity index (χ0n) is 64.6. The molecule has 4 aliphatic rings. The Labute approximate surface area is 674 Å². The van der Waals surface area contributed by atoms with Gasteiger partial charge in [0.15, 0.2) is 14.3 Å². The summed E-state index contributed by atoms with van der Waals surface area (Å²) in [5, 5.41) is 15.2. The standard InChI is InChI=1S/2C55H38NOP/c1-55(2)48-33-37(25-29-43(48)44-30-26-38(34-49(44)55)42-20-12-14-36-13-6-7-17-41(36)42)35-23-27-39(28-24-35)56-50-21-10-8-18-45(50)46-31-32-52-53(54(46)56)47-19-9-11-22-51(47)58(52,57)40-15-4-3-5-16-40;1-55(2)48-33-39(24-28-43(48)44-29-25-40(34-49(44)55)38-21-20-35-12-6-7-13-37(35)32-38)36-22-26-41(27-23-36)56-50-18-10-8-16-45(50)46-30-31-52-53(54(46)56)47-17-9-11-19-51(47)58(52,57)42-14-4-3-5-15-42/h2*3-34H,1-2H3. The number of hydrogen-bond donors (Lipinski definition) is 0. The highest BCUT2D eigenvalue weighted by Crippen LogP contribution is 2.59. The topological polar surface area (TPSA) is 44.0 Å². The van der Waals surface area contributed by atoms with Crippen LogP contribution in [-0.4, -0.2) is 9.13 Å². The number of fused-ring (bicyclic) bond motifs is 22. The molecule has 116 heavy (non-hydrogen) atoms. The lowest BCUT2D eigenvalue weighted by Gasteiger charge is -2.23. The fourth-order valence-corrected chi connectivity index (χ4v) is 26.4. The number of nitrogens with zero attached hydrogens (tertiary/aromatic N) is 2. The minimum atomic E-state index is -3.09. The molecular weight excluding hydrogens is 1440 g/mol. The van der Waals surface area contributed by atoms with Crippen molar-refractivity contribution in [3.05, 3.63) is 411 Å². The second-order valence-corrected chi connectivity index (χ2v) is 38.2. The highest BCUT2D eigenvalue weighted by atomic mass is 31.2. The molecule has 0 N–H and O–H groups in total. The molecule has 4 heterocycles. The van der Waals surface area contributed by atoms with Crippen LogP contribution in [0.3, 0.4) is 0 Å². The zero-order valence-corrected chi connectivity index (χ0v) is 66.3. The number of hydrogen-bond acceptors (Lipinski definition) is 2. The monoisotopic (exact) mass is 1520 g/mol. The molecule has 24 rings (SSSR count). The van der Waals surface area contributed by atoms with E-state index in [9.17, 15) is 0 Å².